The fraction of sp³-hybridized carbons (Fsp3) is 0.346. The first-order valence-electron chi connectivity index (χ1n) is 10.8. The van der Waals surface area contributed by atoms with E-state index in [4.69, 9.17) is 9.47 Å². The molecule has 1 fully saturated rings. The van der Waals surface area contributed by atoms with Crippen molar-refractivity contribution in [3.63, 3.8) is 0 Å². The van der Waals surface area contributed by atoms with E-state index in [-0.39, 0.29) is 10.8 Å². The predicted molar refractivity (Wildman–Crippen MR) is 130 cm³/mol. The maximum atomic E-state index is 11.4. The van der Waals surface area contributed by atoms with E-state index >= 15 is 0 Å². The average Bonchev–Trinajstić information content (AvgIpc) is 3.26. The minimum atomic E-state index is -0.825. The first kappa shape index (κ1) is 22.5. The Morgan fingerprint density at radius 1 is 1.00 bits per heavy atom. The quantitative estimate of drug-likeness (QED) is 0.470. The van der Waals surface area contributed by atoms with E-state index in [0.717, 1.165) is 33.4 Å². The lowest BCUT2D eigenvalue weighted by Gasteiger charge is -2.23. The summed E-state index contributed by atoms with van der Waals surface area (Å²) in [5, 5.41) is 14.7. The van der Waals surface area contributed by atoms with Gasteiger partial charge in [-0.1, -0.05) is 69.3 Å². The molecule has 3 aromatic carbocycles. The molecule has 2 N–H and O–H groups in total. The lowest BCUT2D eigenvalue weighted by atomic mass is 9.86. The Hall–Kier alpha value is -2.70. The molecule has 3 aromatic rings. The molecule has 0 aromatic heterocycles. The van der Waals surface area contributed by atoms with Gasteiger partial charge in [0.2, 0.25) is 0 Å². The van der Waals surface area contributed by atoms with E-state index in [0.29, 0.717) is 19.0 Å². The SMILES string of the molecule is CC(C)(C)c1ccccc1OCCOc1ccc2ccccc2c1C1NC(C(=O)O)CS1. The second-order valence-electron chi connectivity index (χ2n) is 8.91. The maximum Gasteiger partial charge on any atom is 0.321 e. The summed E-state index contributed by atoms with van der Waals surface area (Å²) in [4.78, 5) is 11.4. The zero-order valence-electron chi connectivity index (χ0n) is 18.6. The number of benzene rings is 3. The molecule has 0 bridgehead atoms. The molecule has 0 saturated carbocycles. The number of carboxylic acids is 1. The van der Waals surface area contributed by atoms with Crippen molar-refractivity contribution in [2.75, 3.05) is 19.0 Å². The van der Waals surface area contributed by atoms with Crippen LogP contribution < -0.4 is 14.8 Å². The van der Waals surface area contributed by atoms with E-state index in [1.165, 1.54) is 0 Å². The lowest BCUT2D eigenvalue weighted by Crippen LogP contribution is -2.33. The molecule has 1 aliphatic rings. The van der Waals surface area contributed by atoms with Gasteiger partial charge in [-0.2, -0.15) is 0 Å². The van der Waals surface area contributed by atoms with E-state index < -0.39 is 12.0 Å². The standard InChI is InChI=1S/C26H29NO4S/c1-26(2,3)19-10-6-7-11-21(19)30-14-15-31-22-13-12-17-8-4-5-9-18(17)23(22)24-27-20(16-32-24)25(28)29/h4-13,20,24,27H,14-16H2,1-3H3,(H,28,29). The Morgan fingerprint density at radius 2 is 1.69 bits per heavy atom. The van der Waals surface area contributed by atoms with Crippen molar-refractivity contribution in [2.24, 2.45) is 0 Å². The zero-order chi connectivity index (χ0) is 22.7. The molecule has 168 valence electrons. The van der Waals surface area contributed by atoms with E-state index in [2.05, 4.69) is 44.3 Å². The van der Waals surface area contributed by atoms with Gasteiger partial charge in [-0.3, -0.25) is 10.1 Å². The largest absolute Gasteiger partial charge is 0.490 e. The Balaban J connectivity index is 1.51. The highest BCUT2D eigenvalue weighted by Gasteiger charge is 2.33. The van der Waals surface area contributed by atoms with Crippen LogP contribution in [0.2, 0.25) is 0 Å². The van der Waals surface area contributed by atoms with Crippen LogP contribution >= 0.6 is 11.8 Å². The van der Waals surface area contributed by atoms with E-state index in [1.54, 1.807) is 11.8 Å². The van der Waals surface area contributed by atoms with Gasteiger partial charge >= 0.3 is 5.97 Å². The summed E-state index contributed by atoms with van der Waals surface area (Å²) in [6.07, 6.45) is 0. The molecule has 2 atom stereocenters. The van der Waals surface area contributed by atoms with Gasteiger partial charge in [-0.15, -0.1) is 11.8 Å². The predicted octanol–water partition coefficient (Wildman–Crippen LogP) is 5.38. The van der Waals surface area contributed by atoms with Crippen molar-refractivity contribution in [3.8, 4) is 11.5 Å². The molecule has 4 rings (SSSR count). The average molecular weight is 452 g/mol. The fourth-order valence-electron chi connectivity index (χ4n) is 3.97. The van der Waals surface area contributed by atoms with Crippen molar-refractivity contribution in [1.82, 2.24) is 5.32 Å². The molecule has 0 aliphatic carbocycles. The number of thioether (sulfide) groups is 1. The number of carbonyl (C=O) groups is 1. The molecular formula is C26H29NO4S. The molecule has 1 heterocycles. The van der Waals surface area contributed by atoms with Crippen LogP contribution in [0.4, 0.5) is 0 Å². The molecule has 1 saturated heterocycles. The van der Waals surface area contributed by atoms with Crippen LogP contribution in [0.3, 0.4) is 0 Å². The number of fused-ring (bicyclic) bond motifs is 1. The lowest BCUT2D eigenvalue weighted by molar-refractivity contribution is -0.138. The first-order chi connectivity index (χ1) is 15.3. The maximum absolute atomic E-state index is 11.4. The van der Waals surface area contributed by atoms with Crippen LogP contribution in [-0.2, 0) is 10.2 Å². The van der Waals surface area contributed by atoms with Gasteiger partial charge in [0.15, 0.2) is 0 Å². The van der Waals surface area contributed by atoms with Gasteiger partial charge in [0.05, 0.1) is 5.37 Å². The van der Waals surface area contributed by atoms with Crippen molar-refractivity contribution >= 4 is 28.5 Å². The highest BCUT2D eigenvalue weighted by Crippen LogP contribution is 2.42. The van der Waals surface area contributed by atoms with Gasteiger partial charge < -0.3 is 14.6 Å². The van der Waals surface area contributed by atoms with Crippen LogP contribution in [0.25, 0.3) is 10.8 Å². The van der Waals surface area contributed by atoms with Gasteiger partial charge in [0.25, 0.3) is 0 Å². The Kier molecular flexibility index (Phi) is 6.63. The van der Waals surface area contributed by atoms with Gasteiger partial charge in [-0.25, -0.2) is 0 Å². The summed E-state index contributed by atoms with van der Waals surface area (Å²) >= 11 is 1.60. The number of ether oxygens (including phenoxy) is 2. The topological polar surface area (TPSA) is 67.8 Å². The Bertz CT molecular complexity index is 1110. The number of carboxylic acid groups (broad SMARTS) is 1. The molecule has 6 heteroatoms. The summed E-state index contributed by atoms with van der Waals surface area (Å²) in [5.74, 6) is 1.33. The molecule has 1 aliphatic heterocycles. The number of hydrogen-bond acceptors (Lipinski definition) is 5. The summed E-state index contributed by atoms with van der Waals surface area (Å²) in [6, 6.07) is 19.7. The number of nitrogens with one attached hydrogen (secondary N) is 1. The van der Waals surface area contributed by atoms with Crippen LogP contribution in [-0.4, -0.2) is 36.1 Å². The van der Waals surface area contributed by atoms with Crippen LogP contribution in [0, 0.1) is 0 Å². The highest BCUT2D eigenvalue weighted by atomic mass is 32.2. The molecule has 5 nitrogen and oxygen atoms in total. The number of hydrogen-bond donors (Lipinski definition) is 2. The molecular weight excluding hydrogens is 422 g/mol. The molecule has 0 spiro atoms. The first-order valence-corrected chi connectivity index (χ1v) is 11.9. The van der Waals surface area contributed by atoms with Crippen molar-refractivity contribution in [2.45, 2.75) is 37.6 Å². The van der Waals surface area contributed by atoms with Crippen LogP contribution in [0.5, 0.6) is 11.5 Å². The highest BCUT2D eigenvalue weighted by molar-refractivity contribution is 7.99. The van der Waals surface area contributed by atoms with Crippen molar-refractivity contribution in [1.29, 1.82) is 0 Å². The molecule has 32 heavy (non-hydrogen) atoms. The van der Waals surface area contributed by atoms with E-state index in [1.807, 2.05) is 42.5 Å². The Labute approximate surface area is 193 Å². The number of aliphatic carboxylic acids is 1. The second kappa shape index (κ2) is 9.43. The molecule has 2 unspecified atom stereocenters. The van der Waals surface area contributed by atoms with Crippen LogP contribution in [0.1, 0.15) is 37.3 Å². The van der Waals surface area contributed by atoms with Gasteiger partial charge in [-0.05, 0) is 33.9 Å². The zero-order valence-corrected chi connectivity index (χ0v) is 19.4. The van der Waals surface area contributed by atoms with Crippen molar-refractivity contribution in [3.05, 3.63) is 71.8 Å². The van der Waals surface area contributed by atoms with Gasteiger partial charge in [0.1, 0.15) is 30.8 Å². The normalized spacial score (nSPS) is 18.6. The summed E-state index contributed by atoms with van der Waals surface area (Å²) in [6.45, 7) is 7.32. The third kappa shape index (κ3) is 4.87. The summed E-state index contributed by atoms with van der Waals surface area (Å²) in [5.41, 5.74) is 2.15. The molecule has 0 radical (unpaired) electrons. The van der Waals surface area contributed by atoms with Crippen molar-refractivity contribution < 1.29 is 19.4 Å². The molecule has 0 amide bonds. The minimum absolute atomic E-state index is 0.00495. The summed E-state index contributed by atoms with van der Waals surface area (Å²) in [7, 11) is 0. The number of rotatable bonds is 7. The third-order valence-corrected chi connectivity index (χ3v) is 6.80. The number of para-hydroxylation sites is 1. The van der Waals surface area contributed by atoms with E-state index in [9.17, 15) is 9.90 Å². The minimum Gasteiger partial charge on any atom is -0.490 e. The van der Waals surface area contributed by atoms with Gasteiger partial charge in [0, 0.05) is 11.3 Å². The fourth-order valence-corrected chi connectivity index (χ4v) is 5.26. The Morgan fingerprint density at radius 3 is 2.41 bits per heavy atom. The monoisotopic (exact) mass is 451 g/mol. The summed E-state index contributed by atoms with van der Waals surface area (Å²) < 4.78 is 12.2. The van der Waals surface area contributed by atoms with Crippen LogP contribution in [0.15, 0.2) is 60.7 Å². The second-order valence-corrected chi connectivity index (χ2v) is 10.1. The smallest absolute Gasteiger partial charge is 0.321 e. The third-order valence-electron chi connectivity index (χ3n) is 5.57.